The summed E-state index contributed by atoms with van der Waals surface area (Å²) in [6.07, 6.45) is 3.42. The number of methoxy groups -OCH3 is 1. The van der Waals surface area contributed by atoms with Crippen LogP contribution in [0.25, 0.3) is 0 Å². The molecule has 4 heteroatoms. The molecule has 0 aliphatic carbocycles. The molecule has 0 bridgehead atoms. The molecule has 0 radical (unpaired) electrons. The fourth-order valence-electron chi connectivity index (χ4n) is 2.05. The van der Waals surface area contributed by atoms with E-state index in [4.69, 9.17) is 16.3 Å². The van der Waals surface area contributed by atoms with Gasteiger partial charge in [-0.1, -0.05) is 30.7 Å². The van der Waals surface area contributed by atoms with Crippen LogP contribution in [0.4, 0.5) is 0 Å². The summed E-state index contributed by atoms with van der Waals surface area (Å²) >= 11 is 6.08. The number of ether oxygens (including phenoxy) is 1. The van der Waals surface area contributed by atoms with Gasteiger partial charge in [0.05, 0.1) is 13.0 Å². The van der Waals surface area contributed by atoms with Crippen molar-refractivity contribution in [2.24, 2.45) is 0 Å². The minimum Gasteiger partial charge on any atom is -0.469 e. The van der Waals surface area contributed by atoms with Gasteiger partial charge >= 0.3 is 5.97 Å². The number of carbonyl (C=O) groups is 2. The summed E-state index contributed by atoms with van der Waals surface area (Å²) < 4.78 is 4.84. The van der Waals surface area contributed by atoms with Gasteiger partial charge in [-0.25, -0.2) is 0 Å². The van der Waals surface area contributed by atoms with Crippen LogP contribution >= 0.6 is 11.6 Å². The summed E-state index contributed by atoms with van der Waals surface area (Å²) in [7, 11) is 1.38. The van der Waals surface area contributed by atoms with E-state index in [1.165, 1.54) is 7.11 Å². The third kappa shape index (κ3) is 4.35. The zero-order valence-corrected chi connectivity index (χ0v) is 12.1. The van der Waals surface area contributed by atoms with Crippen LogP contribution in [0.15, 0.2) is 18.2 Å². The van der Waals surface area contributed by atoms with Crippen LogP contribution in [-0.4, -0.2) is 19.4 Å². The van der Waals surface area contributed by atoms with Gasteiger partial charge in [0, 0.05) is 11.4 Å². The standard InChI is InChI=1S/C15H19ClO3/c1-3-11-10-12(7-8-14(11)16)13(15(18)19-2)6-4-5-9-17/h7-10,13H,3-6H2,1-2H3. The Morgan fingerprint density at radius 3 is 2.79 bits per heavy atom. The summed E-state index contributed by atoms with van der Waals surface area (Å²) in [5, 5.41) is 0.711. The topological polar surface area (TPSA) is 43.4 Å². The Morgan fingerprint density at radius 2 is 2.21 bits per heavy atom. The van der Waals surface area contributed by atoms with Gasteiger partial charge in [-0.15, -0.1) is 0 Å². The molecule has 0 spiro atoms. The van der Waals surface area contributed by atoms with Gasteiger partial charge in [-0.2, -0.15) is 0 Å². The third-order valence-corrected chi connectivity index (χ3v) is 3.52. The number of unbranched alkanes of at least 4 members (excludes halogenated alkanes) is 1. The van der Waals surface area contributed by atoms with Crippen LogP contribution in [-0.2, 0) is 20.7 Å². The Hall–Kier alpha value is -1.35. The van der Waals surface area contributed by atoms with E-state index in [-0.39, 0.29) is 11.9 Å². The van der Waals surface area contributed by atoms with E-state index in [0.29, 0.717) is 24.3 Å². The second kappa shape index (κ2) is 7.95. The lowest BCUT2D eigenvalue weighted by Crippen LogP contribution is -2.14. The minimum atomic E-state index is -0.326. The number of aldehydes is 1. The third-order valence-electron chi connectivity index (χ3n) is 3.15. The highest BCUT2D eigenvalue weighted by Crippen LogP contribution is 2.27. The molecule has 3 nitrogen and oxygen atoms in total. The van der Waals surface area contributed by atoms with Crippen LogP contribution in [0.5, 0.6) is 0 Å². The van der Waals surface area contributed by atoms with Crippen LogP contribution in [0.1, 0.15) is 43.2 Å². The van der Waals surface area contributed by atoms with Crippen molar-refractivity contribution in [1.29, 1.82) is 0 Å². The van der Waals surface area contributed by atoms with Crippen molar-refractivity contribution in [3.05, 3.63) is 34.3 Å². The van der Waals surface area contributed by atoms with Crippen molar-refractivity contribution < 1.29 is 14.3 Å². The lowest BCUT2D eigenvalue weighted by atomic mass is 9.92. The predicted octanol–water partition coefficient (Wildman–Crippen LogP) is 3.53. The monoisotopic (exact) mass is 282 g/mol. The first kappa shape index (κ1) is 15.7. The van der Waals surface area contributed by atoms with E-state index in [2.05, 4.69) is 0 Å². The van der Waals surface area contributed by atoms with Crippen molar-refractivity contribution in [1.82, 2.24) is 0 Å². The maximum Gasteiger partial charge on any atom is 0.313 e. The van der Waals surface area contributed by atoms with Gasteiger partial charge in [0.15, 0.2) is 0 Å². The van der Waals surface area contributed by atoms with E-state index >= 15 is 0 Å². The molecule has 104 valence electrons. The van der Waals surface area contributed by atoms with Gasteiger partial charge in [-0.3, -0.25) is 4.79 Å². The van der Waals surface area contributed by atoms with Gasteiger partial charge in [0.1, 0.15) is 6.29 Å². The van der Waals surface area contributed by atoms with Gasteiger partial charge in [-0.05, 0) is 36.5 Å². The maximum absolute atomic E-state index is 11.8. The molecule has 0 aliphatic heterocycles. The summed E-state index contributed by atoms with van der Waals surface area (Å²) in [4.78, 5) is 22.2. The maximum atomic E-state index is 11.8. The quantitative estimate of drug-likeness (QED) is 0.436. The van der Waals surface area contributed by atoms with Crippen molar-refractivity contribution >= 4 is 23.9 Å². The first-order valence-electron chi connectivity index (χ1n) is 6.43. The van der Waals surface area contributed by atoms with Crippen LogP contribution in [0.2, 0.25) is 5.02 Å². The van der Waals surface area contributed by atoms with E-state index < -0.39 is 0 Å². The molecule has 0 heterocycles. The molecular formula is C15H19ClO3. The number of halogens is 1. The zero-order chi connectivity index (χ0) is 14.3. The highest BCUT2D eigenvalue weighted by atomic mass is 35.5. The fourth-order valence-corrected chi connectivity index (χ4v) is 2.30. The van der Waals surface area contributed by atoms with Crippen LogP contribution < -0.4 is 0 Å². The number of rotatable bonds is 7. The van der Waals surface area contributed by atoms with Crippen molar-refractivity contribution in [2.45, 2.75) is 38.5 Å². The van der Waals surface area contributed by atoms with Crippen LogP contribution in [0, 0.1) is 0 Å². The Balaban J connectivity index is 2.95. The van der Waals surface area contributed by atoms with Gasteiger partial charge < -0.3 is 9.53 Å². The average molecular weight is 283 g/mol. The number of hydrogen-bond donors (Lipinski definition) is 0. The lowest BCUT2D eigenvalue weighted by molar-refractivity contribution is -0.142. The lowest BCUT2D eigenvalue weighted by Gasteiger charge is -2.16. The first-order valence-corrected chi connectivity index (χ1v) is 6.81. The van der Waals surface area contributed by atoms with Gasteiger partial charge in [0.25, 0.3) is 0 Å². The molecule has 0 aliphatic rings. The molecular weight excluding hydrogens is 264 g/mol. The predicted molar refractivity (Wildman–Crippen MR) is 75.5 cm³/mol. The Morgan fingerprint density at radius 1 is 1.47 bits per heavy atom. The largest absolute Gasteiger partial charge is 0.469 e. The number of esters is 1. The van der Waals surface area contributed by atoms with Crippen LogP contribution in [0.3, 0.4) is 0 Å². The van der Waals surface area contributed by atoms with E-state index in [1.54, 1.807) is 0 Å². The summed E-state index contributed by atoms with van der Waals surface area (Å²) in [5.41, 5.74) is 1.92. The summed E-state index contributed by atoms with van der Waals surface area (Å²) in [5.74, 6) is -0.595. The molecule has 1 rings (SSSR count). The van der Waals surface area contributed by atoms with E-state index in [0.717, 1.165) is 23.8 Å². The molecule has 1 aromatic rings. The average Bonchev–Trinajstić information content (AvgIpc) is 2.44. The molecule has 19 heavy (non-hydrogen) atoms. The van der Waals surface area contributed by atoms with Crippen molar-refractivity contribution in [2.75, 3.05) is 7.11 Å². The molecule has 1 atom stereocenters. The Labute approximate surface area is 118 Å². The van der Waals surface area contributed by atoms with E-state index in [9.17, 15) is 9.59 Å². The second-order valence-electron chi connectivity index (χ2n) is 4.38. The molecule has 0 saturated carbocycles. The van der Waals surface area contributed by atoms with E-state index in [1.807, 2.05) is 25.1 Å². The molecule has 1 aromatic carbocycles. The molecule has 0 amide bonds. The molecule has 0 N–H and O–H groups in total. The highest BCUT2D eigenvalue weighted by Gasteiger charge is 2.21. The number of aryl methyl sites for hydroxylation is 1. The molecule has 0 aromatic heterocycles. The summed E-state index contributed by atoms with van der Waals surface area (Å²) in [6.45, 7) is 2.02. The first-order chi connectivity index (χ1) is 9.13. The molecule has 1 unspecified atom stereocenters. The highest BCUT2D eigenvalue weighted by molar-refractivity contribution is 6.31. The van der Waals surface area contributed by atoms with Crippen molar-refractivity contribution in [3.63, 3.8) is 0 Å². The molecule has 0 saturated heterocycles. The number of hydrogen-bond acceptors (Lipinski definition) is 3. The van der Waals surface area contributed by atoms with Crippen molar-refractivity contribution in [3.8, 4) is 0 Å². The number of benzene rings is 1. The fraction of sp³-hybridized carbons (Fsp3) is 0.467. The normalized spacial score (nSPS) is 11.9. The SMILES string of the molecule is CCc1cc(C(CCCC=O)C(=O)OC)ccc1Cl. The second-order valence-corrected chi connectivity index (χ2v) is 4.78. The number of carbonyl (C=O) groups excluding carboxylic acids is 2. The molecule has 0 fully saturated rings. The zero-order valence-electron chi connectivity index (χ0n) is 11.3. The smallest absolute Gasteiger partial charge is 0.313 e. The Kier molecular flexibility index (Phi) is 6.57. The minimum absolute atomic E-state index is 0.268. The summed E-state index contributed by atoms with van der Waals surface area (Å²) in [6, 6.07) is 5.61. The Bertz CT molecular complexity index is 443. The van der Waals surface area contributed by atoms with Gasteiger partial charge in [0.2, 0.25) is 0 Å².